The van der Waals surface area contributed by atoms with Crippen molar-refractivity contribution in [1.82, 2.24) is 5.32 Å². The van der Waals surface area contributed by atoms with Gasteiger partial charge in [-0.25, -0.2) is 0 Å². The highest BCUT2D eigenvalue weighted by Crippen LogP contribution is 2.25. The molecule has 0 spiro atoms. The molecule has 1 amide bonds. The van der Waals surface area contributed by atoms with Crippen LogP contribution in [-0.2, 0) is 23.7 Å². The standard InChI is InChI=1S/C44H87NO9.C24H49NO8/c1-3-5-7-9-11-13-15-17-18-19-20-21-23-25-27-29-31-33-39(48)45-36(35-53-44-43(52)42(51)41(50)38(34-46)54-44)40(49)37(47)32-30-28-26-24-22-16-14-12-10-8-6-4-2;1-2-3-4-5-6-7-8-9-10-11-12-13-14-18(27)20(28)17(25)16-32-24-23(31)22(30)21(29)19(15-26)33-24/h36-38,40-44,46-47,49-52H,3-35H2,1-2H3,(H,45,48);17-24,26-31H,2-16,25H2,1H3/t36-,37+,38?,40-,41-,42-,43?,44-;17-,18+,19?,20-,21-,22-,23?,24-/m00/s1. The molecule has 19 heteroatoms. The summed E-state index contributed by atoms with van der Waals surface area (Å²) in [5, 5.41) is 124. The highest BCUT2D eigenvalue weighted by molar-refractivity contribution is 5.76. The van der Waals surface area contributed by atoms with Crippen LogP contribution in [0.3, 0.4) is 0 Å². The summed E-state index contributed by atoms with van der Waals surface area (Å²) in [5.74, 6) is -0.255. The summed E-state index contributed by atoms with van der Waals surface area (Å²) in [6.45, 7) is 5.05. The zero-order chi connectivity index (χ0) is 64.3. The summed E-state index contributed by atoms with van der Waals surface area (Å²) in [5.41, 5.74) is 5.91. The number of unbranched alkanes of at least 4 members (excludes halogenated alkanes) is 38. The van der Waals surface area contributed by atoms with Crippen LogP contribution in [0.15, 0.2) is 0 Å². The molecule has 2 rings (SSSR count). The molecule has 16 atom stereocenters. The third-order valence-corrected chi connectivity index (χ3v) is 17.8. The lowest BCUT2D eigenvalue weighted by molar-refractivity contribution is -0.303. The van der Waals surface area contributed by atoms with Crippen molar-refractivity contribution in [3.8, 4) is 0 Å². The molecule has 0 saturated carbocycles. The van der Waals surface area contributed by atoms with Gasteiger partial charge in [0, 0.05) is 6.42 Å². The van der Waals surface area contributed by atoms with Crippen molar-refractivity contribution in [3.63, 3.8) is 0 Å². The van der Waals surface area contributed by atoms with E-state index in [1.54, 1.807) is 0 Å². The third-order valence-electron chi connectivity index (χ3n) is 17.8. The SMILES string of the molecule is CCCCCCCCCCCCCCCCCCCC(=O)N[C@@H](CO[C@H]1OC(CO)[C@H](O)[C@H](O)C1O)[C@H](O)[C@H](O)CCCCCCCCCCCCCC.CCCCCCCCCCCCCC[C@@H](O)[C@@H](O)[C@@H](N)CO[C@H]1OC(CO)[C@H](O)[C@H](O)C1O. The Morgan fingerprint density at radius 2 is 0.667 bits per heavy atom. The Bertz CT molecular complexity index is 1510. The van der Waals surface area contributed by atoms with E-state index in [4.69, 9.17) is 24.7 Å². The first kappa shape index (κ1) is 83.8. The van der Waals surface area contributed by atoms with E-state index in [1.165, 1.54) is 205 Å². The van der Waals surface area contributed by atoms with Crippen LogP contribution < -0.4 is 11.1 Å². The molecular weight excluding hydrogens is 1120 g/mol. The number of ether oxygens (including phenoxy) is 4. The van der Waals surface area contributed by atoms with Crippen LogP contribution in [-0.4, -0.2) is 192 Å². The predicted octanol–water partition coefficient (Wildman–Crippen LogP) is 9.09. The monoisotopic (exact) mass is 1250 g/mol. The summed E-state index contributed by atoms with van der Waals surface area (Å²) < 4.78 is 21.7. The summed E-state index contributed by atoms with van der Waals surface area (Å²) in [6, 6.07) is -1.91. The second-order valence-corrected chi connectivity index (χ2v) is 25.8. The molecule has 0 aromatic carbocycles. The van der Waals surface area contributed by atoms with E-state index in [2.05, 4.69) is 26.1 Å². The second-order valence-electron chi connectivity index (χ2n) is 25.8. The van der Waals surface area contributed by atoms with Gasteiger partial charge in [-0.15, -0.1) is 0 Å². The van der Waals surface area contributed by atoms with E-state index < -0.39 is 111 Å². The number of hydrogen-bond donors (Lipinski definition) is 14. The van der Waals surface area contributed by atoms with E-state index in [0.29, 0.717) is 12.8 Å². The van der Waals surface area contributed by atoms with Gasteiger partial charge in [-0.1, -0.05) is 278 Å². The molecule has 19 nitrogen and oxygen atoms in total. The van der Waals surface area contributed by atoms with Gasteiger partial charge in [0.2, 0.25) is 5.91 Å². The van der Waals surface area contributed by atoms with Gasteiger partial charge >= 0.3 is 0 Å². The lowest BCUT2D eigenvalue weighted by Crippen LogP contribution is -2.60. The van der Waals surface area contributed by atoms with Crippen molar-refractivity contribution in [2.45, 2.75) is 401 Å². The zero-order valence-corrected chi connectivity index (χ0v) is 55.2. The van der Waals surface area contributed by atoms with E-state index in [9.17, 15) is 66.1 Å². The van der Waals surface area contributed by atoms with Crippen molar-refractivity contribution in [2.75, 3.05) is 26.4 Å². The van der Waals surface area contributed by atoms with Gasteiger partial charge in [0.05, 0.1) is 56.8 Å². The predicted molar refractivity (Wildman–Crippen MR) is 344 cm³/mol. The van der Waals surface area contributed by atoms with Crippen LogP contribution >= 0.6 is 0 Å². The molecule has 2 fully saturated rings. The van der Waals surface area contributed by atoms with Gasteiger partial charge < -0.3 is 91.3 Å². The first-order chi connectivity index (χ1) is 42.1. The number of rotatable bonds is 57. The van der Waals surface area contributed by atoms with Crippen LogP contribution in [0.5, 0.6) is 0 Å². The second kappa shape index (κ2) is 56.3. The lowest BCUT2D eigenvalue weighted by Gasteiger charge is -2.40. The first-order valence-electron chi connectivity index (χ1n) is 35.7. The van der Waals surface area contributed by atoms with Crippen molar-refractivity contribution in [1.29, 1.82) is 0 Å². The number of nitrogens with one attached hydrogen (secondary N) is 1. The molecule has 0 bridgehead atoms. The minimum Gasteiger partial charge on any atom is -0.394 e. The van der Waals surface area contributed by atoms with Crippen molar-refractivity contribution >= 4 is 5.91 Å². The van der Waals surface area contributed by atoms with E-state index in [1.807, 2.05) is 0 Å². The number of carbonyl (C=O) groups is 1. The topological polar surface area (TPSA) is 335 Å². The molecule has 87 heavy (non-hydrogen) atoms. The summed E-state index contributed by atoms with van der Waals surface area (Å²) in [7, 11) is 0. The molecule has 15 N–H and O–H groups in total. The number of amides is 1. The zero-order valence-electron chi connectivity index (χ0n) is 55.2. The number of aliphatic hydroxyl groups excluding tert-OH is 12. The Labute approximate surface area is 527 Å². The van der Waals surface area contributed by atoms with E-state index in [0.717, 1.165) is 57.8 Å². The first-order valence-corrected chi connectivity index (χ1v) is 35.7. The fraction of sp³-hybridized carbons (Fsp3) is 0.985. The lowest BCUT2D eigenvalue weighted by atomic mass is 9.98. The van der Waals surface area contributed by atoms with Gasteiger partial charge in [0.15, 0.2) is 12.6 Å². The Morgan fingerprint density at radius 1 is 0.391 bits per heavy atom. The smallest absolute Gasteiger partial charge is 0.220 e. The summed E-state index contributed by atoms with van der Waals surface area (Å²) in [6.07, 6.45) is 32.7. The van der Waals surface area contributed by atoms with E-state index >= 15 is 0 Å². The molecule has 2 aliphatic heterocycles. The highest BCUT2D eigenvalue weighted by atomic mass is 16.7. The maximum absolute atomic E-state index is 13.0. The van der Waals surface area contributed by atoms with Gasteiger partial charge in [-0.3, -0.25) is 4.79 Å². The Balaban J connectivity index is 0.000000978. The van der Waals surface area contributed by atoms with Crippen molar-refractivity contribution in [2.24, 2.45) is 5.73 Å². The quantitative estimate of drug-likeness (QED) is 0.0252. The molecule has 4 unspecified atom stereocenters. The minimum atomic E-state index is -1.60. The maximum Gasteiger partial charge on any atom is 0.220 e. The molecular formula is C68H136N2O17. The molecule has 2 saturated heterocycles. The Morgan fingerprint density at radius 3 is 0.977 bits per heavy atom. The number of hydrogen-bond acceptors (Lipinski definition) is 18. The Kier molecular flexibility index (Phi) is 54.3. The largest absolute Gasteiger partial charge is 0.394 e. The number of carbonyl (C=O) groups excluding carboxylic acids is 1. The minimum absolute atomic E-state index is 0.237. The molecule has 520 valence electrons. The maximum atomic E-state index is 13.0. The molecule has 0 radical (unpaired) electrons. The van der Waals surface area contributed by atoms with E-state index in [-0.39, 0.29) is 25.5 Å². The normalized spacial score (nSPS) is 24.5. The van der Waals surface area contributed by atoms with Gasteiger partial charge in [0.1, 0.15) is 54.9 Å². The highest BCUT2D eigenvalue weighted by Gasteiger charge is 2.46. The van der Waals surface area contributed by atoms with Crippen LogP contribution in [0.4, 0.5) is 0 Å². The van der Waals surface area contributed by atoms with Crippen LogP contribution in [0.2, 0.25) is 0 Å². The summed E-state index contributed by atoms with van der Waals surface area (Å²) in [4.78, 5) is 13.0. The molecule has 2 aliphatic rings. The van der Waals surface area contributed by atoms with Gasteiger partial charge in [0.25, 0.3) is 0 Å². The number of nitrogens with two attached hydrogens (primary N) is 1. The van der Waals surface area contributed by atoms with Crippen LogP contribution in [0, 0.1) is 0 Å². The average Bonchev–Trinajstić information content (AvgIpc) is 2.43. The molecule has 0 aromatic rings. The van der Waals surface area contributed by atoms with Crippen LogP contribution in [0.25, 0.3) is 0 Å². The third kappa shape index (κ3) is 40.5. The van der Waals surface area contributed by atoms with Gasteiger partial charge in [-0.2, -0.15) is 0 Å². The summed E-state index contributed by atoms with van der Waals surface area (Å²) >= 11 is 0. The molecule has 0 aliphatic carbocycles. The van der Waals surface area contributed by atoms with Crippen LogP contribution in [0.1, 0.15) is 303 Å². The Hall–Kier alpha value is -1.21. The van der Waals surface area contributed by atoms with Crippen molar-refractivity contribution in [3.05, 3.63) is 0 Å². The molecule has 2 heterocycles. The molecule has 0 aromatic heterocycles. The number of aliphatic hydroxyl groups is 12. The fourth-order valence-corrected chi connectivity index (χ4v) is 11.7. The average molecular weight is 1250 g/mol. The van der Waals surface area contributed by atoms with Crippen molar-refractivity contribution < 1.29 is 85.0 Å². The fourth-order valence-electron chi connectivity index (χ4n) is 11.7. The van der Waals surface area contributed by atoms with Gasteiger partial charge in [-0.05, 0) is 19.3 Å².